The average Bonchev–Trinajstić information content (AvgIpc) is 2.77. The van der Waals surface area contributed by atoms with Crippen molar-refractivity contribution in [3.63, 3.8) is 0 Å². The largest absolute Gasteiger partial charge is 0.506 e. The number of fused-ring (bicyclic) bond motifs is 1. The molecule has 0 saturated heterocycles. The van der Waals surface area contributed by atoms with Crippen molar-refractivity contribution >= 4 is 27.4 Å². The van der Waals surface area contributed by atoms with Crippen LogP contribution in [0.5, 0.6) is 5.75 Å². The summed E-state index contributed by atoms with van der Waals surface area (Å²) in [7, 11) is 0. The number of carbonyl (C=O) groups excluding carboxylic acids is 1. The molecule has 0 fully saturated rings. The number of thiophene rings is 1. The fraction of sp³-hybridized carbons (Fsp3) is 0.438. The van der Waals surface area contributed by atoms with Crippen molar-refractivity contribution in [1.29, 1.82) is 0 Å². The maximum atomic E-state index is 12.2. The normalized spacial score (nSPS) is 10.9. The Kier molecular flexibility index (Phi) is 4.65. The minimum Gasteiger partial charge on any atom is -0.506 e. The van der Waals surface area contributed by atoms with Crippen LogP contribution in [0.4, 0.5) is 0 Å². The van der Waals surface area contributed by atoms with Gasteiger partial charge in [-0.25, -0.2) is 4.79 Å². The summed E-state index contributed by atoms with van der Waals surface area (Å²) >= 11 is 1.46. The minimum absolute atomic E-state index is 0.240. The number of aromatic hydroxyl groups is 1. The molecule has 0 unspecified atom stereocenters. The molecular weight excluding hydrogens is 272 g/mol. The second-order valence-corrected chi connectivity index (χ2v) is 6.03. The standard InChI is InChI=1S/C16H20O3S/c1-4-6-7-11-8-9-12(17)15-14(11)13(10(3)20-15)16(18)19-5-2/h8-9,17H,4-7H2,1-3H3. The van der Waals surface area contributed by atoms with Gasteiger partial charge >= 0.3 is 5.97 Å². The van der Waals surface area contributed by atoms with E-state index in [2.05, 4.69) is 6.92 Å². The first-order chi connectivity index (χ1) is 9.60. The average molecular weight is 292 g/mol. The van der Waals surface area contributed by atoms with Crippen LogP contribution in [0.15, 0.2) is 12.1 Å². The molecule has 0 aliphatic carbocycles. The smallest absolute Gasteiger partial charge is 0.339 e. The predicted octanol–water partition coefficient (Wildman–Crippen LogP) is 4.43. The zero-order valence-corrected chi connectivity index (χ0v) is 13.0. The molecule has 0 saturated carbocycles. The molecule has 1 aromatic heterocycles. The number of ether oxygens (including phenoxy) is 1. The number of hydrogen-bond donors (Lipinski definition) is 1. The van der Waals surface area contributed by atoms with Crippen LogP contribution in [0.1, 0.15) is 47.5 Å². The van der Waals surface area contributed by atoms with Gasteiger partial charge in [0.05, 0.1) is 16.9 Å². The molecule has 0 spiro atoms. The summed E-state index contributed by atoms with van der Waals surface area (Å²) in [5.74, 6) is -0.0523. The van der Waals surface area contributed by atoms with Gasteiger partial charge in [0.1, 0.15) is 5.75 Å². The van der Waals surface area contributed by atoms with Crippen molar-refractivity contribution in [2.75, 3.05) is 6.61 Å². The SMILES string of the molecule is CCCCc1ccc(O)c2sc(C)c(C(=O)OCC)c12. The van der Waals surface area contributed by atoms with Crippen molar-refractivity contribution in [3.05, 3.63) is 28.1 Å². The Morgan fingerprint density at radius 3 is 2.75 bits per heavy atom. The van der Waals surface area contributed by atoms with Crippen LogP contribution < -0.4 is 0 Å². The summed E-state index contributed by atoms with van der Waals surface area (Å²) in [5, 5.41) is 10.9. The highest BCUT2D eigenvalue weighted by Crippen LogP contribution is 2.39. The zero-order chi connectivity index (χ0) is 14.7. The first-order valence-corrected chi connectivity index (χ1v) is 7.82. The summed E-state index contributed by atoms with van der Waals surface area (Å²) in [6.45, 7) is 6.21. The molecule has 1 aromatic carbocycles. The zero-order valence-electron chi connectivity index (χ0n) is 12.2. The first-order valence-electron chi connectivity index (χ1n) is 7.01. The lowest BCUT2D eigenvalue weighted by Crippen LogP contribution is -2.06. The van der Waals surface area contributed by atoms with Gasteiger partial charge in [0.25, 0.3) is 0 Å². The third-order valence-corrected chi connectivity index (χ3v) is 4.49. The van der Waals surface area contributed by atoms with E-state index in [0.717, 1.165) is 39.8 Å². The van der Waals surface area contributed by atoms with Gasteiger partial charge < -0.3 is 9.84 Å². The lowest BCUT2D eigenvalue weighted by molar-refractivity contribution is 0.0528. The topological polar surface area (TPSA) is 46.5 Å². The van der Waals surface area contributed by atoms with E-state index in [-0.39, 0.29) is 11.7 Å². The van der Waals surface area contributed by atoms with Gasteiger partial charge in [-0.05, 0) is 38.3 Å². The summed E-state index contributed by atoms with van der Waals surface area (Å²) < 4.78 is 5.95. The molecule has 0 aliphatic rings. The Morgan fingerprint density at radius 2 is 2.10 bits per heavy atom. The van der Waals surface area contributed by atoms with Crippen molar-refractivity contribution in [1.82, 2.24) is 0 Å². The summed E-state index contributed by atoms with van der Waals surface area (Å²) in [6.07, 6.45) is 3.08. The lowest BCUT2D eigenvalue weighted by Gasteiger charge is -2.07. The maximum Gasteiger partial charge on any atom is 0.339 e. The second-order valence-electron chi connectivity index (χ2n) is 4.81. The predicted molar refractivity (Wildman–Crippen MR) is 82.8 cm³/mol. The van der Waals surface area contributed by atoms with E-state index >= 15 is 0 Å². The summed E-state index contributed by atoms with van der Waals surface area (Å²) in [6, 6.07) is 3.64. The van der Waals surface area contributed by atoms with E-state index in [1.54, 1.807) is 13.0 Å². The van der Waals surface area contributed by atoms with Crippen LogP contribution in [-0.2, 0) is 11.2 Å². The van der Waals surface area contributed by atoms with Crippen molar-refractivity contribution < 1.29 is 14.6 Å². The van der Waals surface area contributed by atoms with E-state index < -0.39 is 0 Å². The van der Waals surface area contributed by atoms with E-state index in [9.17, 15) is 9.90 Å². The molecule has 2 rings (SSSR count). The van der Waals surface area contributed by atoms with Crippen LogP contribution >= 0.6 is 11.3 Å². The van der Waals surface area contributed by atoms with Gasteiger partial charge in [0, 0.05) is 10.3 Å². The number of unbranched alkanes of at least 4 members (excludes halogenated alkanes) is 1. The molecular formula is C16H20O3S. The van der Waals surface area contributed by atoms with Crippen LogP contribution in [0.3, 0.4) is 0 Å². The highest BCUT2D eigenvalue weighted by molar-refractivity contribution is 7.19. The van der Waals surface area contributed by atoms with Gasteiger partial charge in [-0.2, -0.15) is 0 Å². The number of phenols is 1. The van der Waals surface area contributed by atoms with Crippen molar-refractivity contribution in [2.24, 2.45) is 0 Å². The van der Waals surface area contributed by atoms with E-state index in [0.29, 0.717) is 12.2 Å². The number of benzene rings is 1. The molecule has 0 atom stereocenters. The number of aryl methyl sites for hydroxylation is 2. The monoisotopic (exact) mass is 292 g/mol. The van der Waals surface area contributed by atoms with Crippen LogP contribution in [0.25, 0.3) is 10.1 Å². The maximum absolute atomic E-state index is 12.2. The lowest BCUT2D eigenvalue weighted by atomic mass is 10.00. The second kappa shape index (κ2) is 6.27. The van der Waals surface area contributed by atoms with E-state index in [1.807, 2.05) is 13.0 Å². The number of esters is 1. The van der Waals surface area contributed by atoms with Crippen LogP contribution in [0.2, 0.25) is 0 Å². The molecule has 1 heterocycles. The van der Waals surface area contributed by atoms with Crippen LogP contribution in [0, 0.1) is 6.92 Å². The molecule has 1 N–H and O–H groups in total. The Balaban J connectivity index is 2.63. The molecule has 2 aromatic rings. The van der Waals surface area contributed by atoms with E-state index in [1.165, 1.54) is 11.3 Å². The van der Waals surface area contributed by atoms with Gasteiger partial charge in [-0.1, -0.05) is 19.4 Å². The van der Waals surface area contributed by atoms with Gasteiger partial charge in [0.15, 0.2) is 0 Å². The molecule has 0 amide bonds. The Bertz CT molecular complexity index is 628. The fourth-order valence-electron chi connectivity index (χ4n) is 2.39. The highest BCUT2D eigenvalue weighted by Gasteiger charge is 2.21. The Labute approximate surface area is 123 Å². The first kappa shape index (κ1) is 14.9. The van der Waals surface area contributed by atoms with Gasteiger partial charge in [-0.3, -0.25) is 0 Å². The van der Waals surface area contributed by atoms with Crippen molar-refractivity contribution in [2.45, 2.75) is 40.0 Å². The Morgan fingerprint density at radius 1 is 1.35 bits per heavy atom. The fourth-order valence-corrected chi connectivity index (χ4v) is 3.50. The number of rotatable bonds is 5. The highest BCUT2D eigenvalue weighted by atomic mass is 32.1. The summed E-state index contributed by atoms with van der Waals surface area (Å²) in [5.41, 5.74) is 1.74. The molecule has 3 nitrogen and oxygen atoms in total. The van der Waals surface area contributed by atoms with Gasteiger partial charge in [-0.15, -0.1) is 11.3 Å². The minimum atomic E-state index is -0.292. The molecule has 0 aliphatic heterocycles. The number of phenolic OH excluding ortho intramolecular Hbond substituents is 1. The molecule has 0 bridgehead atoms. The third-order valence-electron chi connectivity index (χ3n) is 3.36. The van der Waals surface area contributed by atoms with E-state index in [4.69, 9.17) is 4.74 Å². The third kappa shape index (κ3) is 2.66. The molecule has 4 heteroatoms. The Hall–Kier alpha value is -1.55. The number of carbonyl (C=O) groups is 1. The van der Waals surface area contributed by atoms with Crippen molar-refractivity contribution in [3.8, 4) is 5.75 Å². The van der Waals surface area contributed by atoms with Crippen LogP contribution in [-0.4, -0.2) is 17.7 Å². The molecule has 0 radical (unpaired) electrons. The molecule has 108 valence electrons. The molecule has 20 heavy (non-hydrogen) atoms. The quantitative estimate of drug-likeness (QED) is 0.829. The van der Waals surface area contributed by atoms with Gasteiger partial charge in [0.2, 0.25) is 0 Å². The number of hydrogen-bond acceptors (Lipinski definition) is 4. The summed E-state index contributed by atoms with van der Waals surface area (Å²) in [4.78, 5) is 13.1.